The van der Waals surface area contributed by atoms with Crippen molar-refractivity contribution in [2.75, 3.05) is 24.2 Å². The van der Waals surface area contributed by atoms with Crippen LogP contribution in [-0.4, -0.2) is 70.1 Å². The summed E-state index contributed by atoms with van der Waals surface area (Å²) in [5, 5.41) is 49.6. The molecule has 0 radical (unpaired) electrons. The zero-order valence-corrected chi connectivity index (χ0v) is 14.6. The molecule has 0 aliphatic carbocycles. The van der Waals surface area contributed by atoms with Crippen molar-refractivity contribution in [3.8, 4) is 0 Å². The maximum absolute atomic E-state index is 7.60. The first-order valence-corrected chi connectivity index (χ1v) is 7.93. The van der Waals surface area contributed by atoms with Crippen molar-refractivity contribution < 1.29 is 0 Å². The smallest absolute Gasteiger partial charge is 0.268 e. The Morgan fingerprint density at radius 1 is 1.04 bits per heavy atom. The van der Waals surface area contributed by atoms with Gasteiger partial charge in [0.25, 0.3) is 17.8 Å². The van der Waals surface area contributed by atoms with Crippen molar-refractivity contribution in [2.45, 2.75) is 19.8 Å². The van der Waals surface area contributed by atoms with Crippen LogP contribution in [0.4, 0.5) is 23.8 Å². The molecule has 3 aromatic rings. The molecule has 5 N–H and O–H groups in total. The summed E-state index contributed by atoms with van der Waals surface area (Å²) in [5.41, 5.74) is 0.567. The molecule has 0 amide bonds. The van der Waals surface area contributed by atoms with Crippen LogP contribution in [0.5, 0.6) is 0 Å². The molecule has 0 spiro atoms. The minimum absolute atomic E-state index is 0.135. The van der Waals surface area contributed by atoms with E-state index in [0.717, 1.165) is 0 Å². The third-order valence-corrected chi connectivity index (χ3v) is 3.16. The number of aromatic amines is 2. The van der Waals surface area contributed by atoms with Gasteiger partial charge in [0.1, 0.15) is 5.82 Å². The van der Waals surface area contributed by atoms with Gasteiger partial charge in [-0.05, 0) is 6.42 Å². The van der Waals surface area contributed by atoms with E-state index >= 15 is 0 Å². The number of H-pyrrole nitrogens is 2. The third-order valence-electron chi connectivity index (χ3n) is 3.16. The number of nitrogens with one attached hydrogen (secondary N) is 5. The fourth-order valence-corrected chi connectivity index (χ4v) is 1.83. The highest BCUT2D eigenvalue weighted by Gasteiger charge is 2.09. The normalized spacial score (nSPS) is 11.0. The number of rotatable bonds is 9. The quantitative estimate of drug-likeness (QED) is 0.258. The first-order valence-electron chi connectivity index (χ1n) is 7.93. The van der Waals surface area contributed by atoms with Crippen molar-refractivity contribution in [1.82, 2.24) is 50.8 Å². The summed E-state index contributed by atoms with van der Waals surface area (Å²) < 4.78 is 0. The summed E-state index contributed by atoms with van der Waals surface area (Å²) >= 11 is 0. The Balaban J connectivity index is 1.55. The molecule has 0 aliphatic rings. The molecule has 0 saturated heterocycles. The average molecular weight is 371 g/mol. The third kappa shape index (κ3) is 5.03. The van der Waals surface area contributed by atoms with Crippen LogP contribution in [0.1, 0.15) is 25.0 Å². The van der Waals surface area contributed by atoms with Crippen LogP contribution < -0.4 is 10.6 Å². The summed E-state index contributed by atoms with van der Waals surface area (Å²) in [6.07, 6.45) is 0.954. The maximum Gasteiger partial charge on any atom is 0.268 e. The van der Waals surface area contributed by atoms with Crippen molar-refractivity contribution in [2.24, 2.45) is 10.2 Å². The Bertz CT molecular complexity index is 907. The zero-order chi connectivity index (χ0) is 19.1. The minimum atomic E-state index is 0.135. The molecule has 15 heteroatoms. The molecular formula is C12H17N15. The Kier molecular flexibility index (Phi) is 5.60. The lowest BCUT2D eigenvalue weighted by Gasteiger charge is -2.00. The monoisotopic (exact) mass is 371 g/mol. The summed E-state index contributed by atoms with van der Waals surface area (Å²) in [6.45, 7) is 2.32. The van der Waals surface area contributed by atoms with Crippen molar-refractivity contribution in [3.05, 3.63) is 11.6 Å². The van der Waals surface area contributed by atoms with E-state index < -0.39 is 0 Å². The number of aromatic nitrogens is 10. The van der Waals surface area contributed by atoms with Crippen LogP contribution in [0.25, 0.3) is 0 Å². The summed E-state index contributed by atoms with van der Waals surface area (Å²) in [6, 6.07) is 0. The van der Waals surface area contributed by atoms with Crippen molar-refractivity contribution >= 4 is 29.5 Å². The van der Waals surface area contributed by atoms with E-state index in [2.05, 4.69) is 71.6 Å². The van der Waals surface area contributed by atoms with Gasteiger partial charge in [-0.15, -0.1) is 35.7 Å². The fraction of sp³-hybridized carbons (Fsp3) is 0.417. The largest absolute Gasteiger partial charge is 0.348 e. The Hall–Kier alpha value is -3.91. The SMILES string of the molecule is CCC(=N)CNc1n[nH]c(Cc2nnc(Nc3n[nH]c(N=NC)n3)nn2)n1. The van der Waals surface area contributed by atoms with Gasteiger partial charge in [-0.2, -0.15) is 15.1 Å². The number of hydrogen-bond acceptors (Lipinski definition) is 13. The summed E-state index contributed by atoms with van der Waals surface area (Å²) in [5.74, 6) is 1.93. The highest BCUT2D eigenvalue weighted by molar-refractivity contribution is 5.84. The summed E-state index contributed by atoms with van der Waals surface area (Å²) in [7, 11) is 1.52. The molecular weight excluding hydrogens is 354 g/mol. The van der Waals surface area contributed by atoms with E-state index in [-0.39, 0.29) is 24.3 Å². The first-order chi connectivity index (χ1) is 13.2. The lowest BCUT2D eigenvalue weighted by Crippen LogP contribution is -2.12. The molecule has 0 bridgehead atoms. The topological polar surface area (TPSA) is 207 Å². The standard InChI is InChI=1S/C12H17N15/c1-3-6(13)5-15-9-16-7(19-23-9)4-8-20-25-12(26-21-8)18-10-17-11(22-14-2)27-24-10/h13H,3-5H2,1-2H3,(H2,15,16,19,23)(H2,17,18,24,25,26,27). The molecule has 0 saturated carbocycles. The zero-order valence-electron chi connectivity index (χ0n) is 14.6. The van der Waals surface area contributed by atoms with E-state index in [1.165, 1.54) is 7.05 Å². The molecule has 0 aromatic carbocycles. The number of nitrogens with zero attached hydrogens (tertiary/aromatic N) is 10. The molecule has 3 aromatic heterocycles. The Morgan fingerprint density at radius 3 is 2.56 bits per heavy atom. The Morgan fingerprint density at radius 2 is 1.81 bits per heavy atom. The highest BCUT2D eigenvalue weighted by Crippen LogP contribution is 2.10. The van der Waals surface area contributed by atoms with Crippen LogP contribution in [0.15, 0.2) is 10.2 Å². The lowest BCUT2D eigenvalue weighted by molar-refractivity contribution is 0.768. The first kappa shape index (κ1) is 17.9. The van der Waals surface area contributed by atoms with E-state index in [1.54, 1.807) is 0 Å². The Labute approximate surface area is 152 Å². The number of azo groups is 1. The molecule has 0 unspecified atom stereocenters. The van der Waals surface area contributed by atoms with Crippen LogP contribution in [0, 0.1) is 5.41 Å². The second-order valence-corrected chi connectivity index (χ2v) is 5.14. The second-order valence-electron chi connectivity index (χ2n) is 5.14. The van der Waals surface area contributed by atoms with E-state index in [0.29, 0.717) is 36.3 Å². The molecule has 0 aliphatic heterocycles. The molecule has 0 atom stereocenters. The molecule has 3 heterocycles. The van der Waals surface area contributed by atoms with E-state index in [9.17, 15) is 0 Å². The molecule has 140 valence electrons. The van der Waals surface area contributed by atoms with Gasteiger partial charge >= 0.3 is 0 Å². The van der Waals surface area contributed by atoms with E-state index in [4.69, 9.17) is 5.41 Å². The second kappa shape index (κ2) is 8.45. The van der Waals surface area contributed by atoms with Gasteiger partial charge in [0.2, 0.25) is 5.95 Å². The van der Waals surface area contributed by atoms with Crippen LogP contribution in [0.3, 0.4) is 0 Å². The molecule has 27 heavy (non-hydrogen) atoms. The molecule has 15 nitrogen and oxygen atoms in total. The van der Waals surface area contributed by atoms with Crippen molar-refractivity contribution in [3.63, 3.8) is 0 Å². The number of anilines is 3. The van der Waals surface area contributed by atoms with E-state index in [1.807, 2.05) is 6.92 Å². The predicted molar refractivity (Wildman–Crippen MR) is 93.4 cm³/mol. The van der Waals surface area contributed by atoms with Crippen LogP contribution in [0.2, 0.25) is 0 Å². The predicted octanol–water partition coefficient (Wildman–Crippen LogP) is 0.392. The highest BCUT2D eigenvalue weighted by atomic mass is 15.4. The molecule has 0 fully saturated rings. The van der Waals surface area contributed by atoms with Crippen LogP contribution in [-0.2, 0) is 6.42 Å². The van der Waals surface area contributed by atoms with Crippen LogP contribution >= 0.6 is 0 Å². The minimum Gasteiger partial charge on any atom is -0.348 e. The maximum atomic E-state index is 7.60. The van der Waals surface area contributed by atoms with Gasteiger partial charge in [-0.3, -0.25) is 10.4 Å². The summed E-state index contributed by atoms with van der Waals surface area (Å²) in [4.78, 5) is 8.26. The van der Waals surface area contributed by atoms with Gasteiger partial charge in [-0.25, -0.2) is 5.10 Å². The van der Waals surface area contributed by atoms with Gasteiger partial charge in [0, 0.05) is 12.8 Å². The average Bonchev–Trinajstić information content (AvgIpc) is 3.31. The van der Waals surface area contributed by atoms with Gasteiger partial charge in [-0.1, -0.05) is 6.92 Å². The van der Waals surface area contributed by atoms with Gasteiger partial charge in [0.15, 0.2) is 5.82 Å². The van der Waals surface area contributed by atoms with Crippen molar-refractivity contribution in [1.29, 1.82) is 5.41 Å². The fourth-order valence-electron chi connectivity index (χ4n) is 1.83. The molecule has 3 rings (SSSR count). The number of hydrogen-bond donors (Lipinski definition) is 5. The van der Waals surface area contributed by atoms with Gasteiger partial charge < -0.3 is 10.7 Å². The van der Waals surface area contributed by atoms with Gasteiger partial charge in [0.05, 0.1) is 13.0 Å². The lowest BCUT2D eigenvalue weighted by atomic mass is 10.3.